The molecule has 2 aromatic heterocycles. The summed E-state index contributed by atoms with van der Waals surface area (Å²) in [6.07, 6.45) is 1.54. The Morgan fingerprint density at radius 1 is 1.53 bits per heavy atom. The minimum absolute atomic E-state index is 0.459. The second-order valence-electron chi connectivity index (χ2n) is 3.36. The van der Waals surface area contributed by atoms with Crippen LogP contribution in [0.15, 0.2) is 28.2 Å². The number of thiophene rings is 1. The fourth-order valence-electron chi connectivity index (χ4n) is 1.32. The Labute approximate surface area is 111 Å². The van der Waals surface area contributed by atoms with Gasteiger partial charge in [-0.05, 0) is 28.1 Å². The van der Waals surface area contributed by atoms with E-state index in [0.29, 0.717) is 23.6 Å². The van der Waals surface area contributed by atoms with E-state index in [4.69, 9.17) is 11.0 Å². The van der Waals surface area contributed by atoms with Crippen molar-refractivity contribution < 1.29 is 0 Å². The highest BCUT2D eigenvalue weighted by atomic mass is 79.9. The predicted molar refractivity (Wildman–Crippen MR) is 72.7 cm³/mol. The molecule has 2 rings (SSSR count). The lowest BCUT2D eigenvalue weighted by atomic mass is 10.2. The molecule has 0 radical (unpaired) electrons. The van der Waals surface area contributed by atoms with Crippen molar-refractivity contribution in [1.82, 2.24) is 4.98 Å². The van der Waals surface area contributed by atoms with E-state index in [0.717, 1.165) is 4.47 Å². The summed E-state index contributed by atoms with van der Waals surface area (Å²) in [5, 5.41) is 14.1. The highest BCUT2D eigenvalue weighted by Gasteiger charge is 2.04. The van der Waals surface area contributed by atoms with Crippen LogP contribution in [0.5, 0.6) is 0 Å². The first-order valence-corrected chi connectivity index (χ1v) is 6.48. The van der Waals surface area contributed by atoms with Crippen LogP contribution in [0.25, 0.3) is 0 Å². The molecule has 0 aliphatic rings. The number of anilines is 2. The molecule has 0 unspecified atom stereocenters. The summed E-state index contributed by atoms with van der Waals surface area (Å²) in [7, 11) is 0. The number of nitrogens with one attached hydrogen (secondary N) is 1. The summed E-state index contributed by atoms with van der Waals surface area (Å²) in [6, 6.07) is 5.71. The third-order valence-electron chi connectivity index (χ3n) is 2.08. The van der Waals surface area contributed by atoms with Crippen molar-refractivity contribution in [3.8, 4) is 6.07 Å². The van der Waals surface area contributed by atoms with E-state index in [9.17, 15) is 0 Å². The standard InChI is InChI=1S/C11H9BrN4S/c12-8-2-10(17-6-8)5-16-11-7(3-13)1-9(14)4-15-11/h1-2,4,6H,5,14H2,(H,15,16). The van der Waals surface area contributed by atoms with Crippen molar-refractivity contribution in [2.45, 2.75) is 6.54 Å². The Balaban J connectivity index is 2.12. The number of nitrogen functional groups attached to an aromatic ring is 1. The van der Waals surface area contributed by atoms with Gasteiger partial charge in [-0.15, -0.1) is 11.3 Å². The maximum Gasteiger partial charge on any atom is 0.144 e. The molecule has 0 aliphatic heterocycles. The third-order valence-corrected chi connectivity index (χ3v) is 3.78. The van der Waals surface area contributed by atoms with Crippen molar-refractivity contribution in [2.24, 2.45) is 0 Å². The lowest BCUT2D eigenvalue weighted by Crippen LogP contribution is -2.03. The number of aromatic nitrogens is 1. The predicted octanol–water partition coefficient (Wildman–Crippen LogP) is 2.97. The number of nitrogens with zero attached hydrogens (tertiary/aromatic N) is 2. The first-order chi connectivity index (χ1) is 8.19. The first-order valence-electron chi connectivity index (χ1n) is 4.81. The Hall–Kier alpha value is -1.58. The van der Waals surface area contributed by atoms with Gasteiger partial charge in [-0.2, -0.15) is 5.26 Å². The highest BCUT2D eigenvalue weighted by Crippen LogP contribution is 2.21. The second-order valence-corrected chi connectivity index (χ2v) is 5.27. The number of rotatable bonds is 3. The molecule has 0 saturated carbocycles. The molecule has 0 spiro atoms. The third kappa shape index (κ3) is 2.96. The van der Waals surface area contributed by atoms with Gasteiger partial charge in [0.2, 0.25) is 0 Å². The molecule has 0 aliphatic carbocycles. The van der Waals surface area contributed by atoms with Crippen LogP contribution in [0, 0.1) is 11.3 Å². The SMILES string of the molecule is N#Cc1cc(N)cnc1NCc1cc(Br)cs1. The van der Waals surface area contributed by atoms with E-state index in [1.807, 2.05) is 11.4 Å². The molecular formula is C11H9BrN4S. The van der Waals surface area contributed by atoms with Gasteiger partial charge in [0.05, 0.1) is 24.0 Å². The number of nitriles is 1. The zero-order valence-corrected chi connectivity index (χ0v) is 11.2. The minimum Gasteiger partial charge on any atom is -0.397 e. The van der Waals surface area contributed by atoms with E-state index < -0.39 is 0 Å². The molecule has 86 valence electrons. The molecular weight excluding hydrogens is 300 g/mol. The number of nitrogens with two attached hydrogens (primary N) is 1. The van der Waals surface area contributed by atoms with Crippen LogP contribution in [0.1, 0.15) is 10.4 Å². The van der Waals surface area contributed by atoms with Gasteiger partial charge in [0.25, 0.3) is 0 Å². The van der Waals surface area contributed by atoms with Crippen molar-refractivity contribution in [3.05, 3.63) is 38.6 Å². The minimum atomic E-state index is 0.459. The van der Waals surface area contributed by atoms with Crippen molar-refractivity contribution >= 4 is 38.8 Å². The van der Waals surface area contributed by atoms with Crippen molar-refractivity contribution in [1.29, 1.82) is 5.26 Å². The largest absolute Gasteiger partial charge is 0.397 e. The average Bonchev–Trinajstić information content (AvgIpc) is 2.73. The van der Waals surface area contributed by atoms with Crippen LogP contribution in [0.3, 0.4) is 0 Å². The maximum absolute atomic E-state index is 8.95. The Morgan fingerprint density at radius 2 is 2.35 bits per heavy atom. The van der Waals surface area contributed by atoms with Crippen LogP contribution in [0.2, 0.25) is 0 Å². The molecule has 3 N–H and O–H groups in total. The number of hydrogen-bond acceptors (Lipinski definition) is 5. The second kappa shape index (κ2) is 5.17. The zero-order chi connectivity index (χ0) is 12.3. The molecule has 0 amide bonds. The Morgan fingerprint density at radius 3 is 3.00 bits per heavy atom. The van der Waals surface area contributed by atoms with Crippen LogP contribution in [-0.2, 0) is 6.54 Å². The maximum atomic E-state index is 8.95. The molecule has 0 atom stereocenters. The number of pyridine rings is 1. The van der Waals surface area contributed by atoms with E-state index in [2.05, 4.69) is 32.3 Å². The summed E-state index contributed by atoms with van der Waals surface area (Å²) in [4.78, 5) is 5.27. The summed E-state index contributed by atoms with van der Waals surface area (Å²) in [5.74, 6) is 0.561. The van der Waals surface area contributed by atoms with Crippen LogP contribution in [0.4, 0.5) is 11.5 Å². The van der Waals surface area contributed by atoms with Crippen LogP contribution >= 0.6 is 27.3 Å². The van der Waals surface area contributed by atoms with Gasteiger partial charge in [0, 0.05) is 14.7 Å². The molecule has 2 aromatic rings. The van der Waals surface area contributed by atoms with Crippen LogP contribution < -0.4 is 11.1 Å². The normalized spacial score (nSPS) is 9.88. The summed E-state index contributed by atoms with van der Waals surface area (Å²) < 4.78 is 1.06. The lowest BCUT2D eigenvalue weighted by molar-refractivity contribution is 1.13. The molecule has 0 bridgehead atoms. The Kier molecular flexibility index (Phi) is 3.61. The molecule has 4 nitrogen and oxygen atoms in total. The van der Waals surface area contributed by atoms with Gasteiger partial charge in [0.15, 0.2) is 0 Å². The summed E-state index contributed by atoms with van der Waals surface area (Å²) in [5.41, 5.74) is 6.52. The van der Waals surface area contributed by atoms with E-state index in [-0.39, 0.29) is 0 Å². The first kappa shape index (κ1) is 11.9. The molecule has 17 heavy (non-hydrogen) atoms. The van der Waals surface area contributed by atoms with Gasteiger partial charge < -0.3 is 11.1 Å². The fourth-order valence-corrected chi connectivity index (χ4v) is 2.72. The topological polar surface area (TPSA) is 74.7 Å². The average molecular weight is 309 g/mol. The fraction of sp³-hybridized carbons (Fsp3) is 0.0909. The van der Waals surface area contributed by atoms with Gasteiger partial charge >= 0.3 is 0 Å². The van der Waals surface area contributed by atoms with Gasteiger partial charge in [-0.25, -0.2) is 4.98 Å². The number of halogens is 1. The van der Waals surface area contributed by atoms with Gasteiger partial charge in [0.1, 0.15) is 11.9 Å². The van der Waals surface area contributed by atoms with Crippen molar-refractivity contribution in [2.75, 3.05) is 11.1 Å². The summed E-state index contributed by atoms with van der Waals surface area (Å²) in [6.45, 7) is 0.641. The zero-order valence-electron chi connectivity index (χ0n) is 8.77. The highest BCUT2D eigenvalue weighted by molar-refractivity contribution is 9.10. The Bertz CT molecular complexity index is 573. The smallest absolute Gasteiger partial charge is 0.144 e. The molecule has 6 heteroatoms. The van der Waals surface area contributed by atoms with Crippen molar-refractivity contribution in [3.63, 3.8) is 0 Å². The lowest BCUT2D eigenvalue weighted by Gasteiger charge is -2.06. The van der Waals surface area contributed by atoms with E-state index in [1.165, 1.54) is 11.1 Å². The molecule has 0 saturated heterocycles. The molecule has 2 heterocycles. The van der Waals surface area contributed by atoms with Crippen LogP contribution in [-0.4, -0.2) is 4.98 Å². The summed E-state index contributed by atoms with van der Waals surface area (Å²) >= 11 is 5.03. The monoisotopic (exact) mass is 308 g/mol. The van der Waals surface area contributed by atoms with Gasteiger partial charge in [-0.1, -0.05) is 0 Å². The quantitative estimate of drug-likeness (QED) is 0.914. The van der Waals surface area contributed by atoms with E-state index >= 15 is 0 Å². The molecule has 0 aromatic carbocycles. The number of hydrogen-bond donors (Lipinski definition) is 2. The van der Waals surface area contributed by atoms with E-state index in [1.54, 1.807) is 17.4 Å². The molecule has 0 fully saturated rings. The van der Waals surface area contributed by atoms with Gasteiger partial charge in [-0.3, -0.25) is 0 Å².